The molecule has 14 heteroatoms. The van der Waals surface area contributed by atoms with E-state index in [1.165, 1.54) is 12.1 Å². The van der Waals surface area contributed by atoms with E-state index in [4.69, 9.17) is 5.11 Å². The van der Waals surface area contributed by atoms with Crippen molar-refractivity contribution in [3.63, 3.8) is 0 Å². The molecule has 4 aromatic rings. The molecule has 0 saturated heterocycles. The lowest BCUT2D eigenvalue weighted by Gasteiger charge is -2.29. The normalized spacial score (nSPS) is 16.3. The van der Waals surface area contributed by atoms with E-state index in [1.54, 1.807) is 6.07 Å². The maximum Gasteiger partial charge on any atom is 0.404 e. The quantitative estimate of drug-likeness (QED) is 0.122. The van der Waals surface area contributed by atoms with Gasteiger partial charge in [0, 0.05) is 36.2 Å². The van der Waals surface area contributed by atoms with Gasteiger partial charge < -0.3 is 26.4 Å². The molecule has 5 rings (SSSR count). The predicted molar refractivity (Wildman–Crippen MR) is 185 cm³/mol. The average Bonchev–Trinajstić information content (AvgIpc) is 3.62. The van der Waals surface area contributed by atoms with E-state index in [2.05, 4.69) is 41.9 Å². The molecule has 1 fully saturated rings. The Morgan fingerprint density at radius 3 is 2.28 bits per heavy atom. The number of halogens is 1. The lowest BCUT2D eigenvalue weighted by molar-refractivity contribution is -0.130. The summed E-state index contributed by atoms with van der Waals surface area (Å²) < 4.78 is 14.9. The van der Waals surface area contributed by atoms with Crippen LogP contribution in [-0.2, 0) is 16.0 Å². The second-order valence-electron chi connectivity index (χ2n) is 12.9. The molecule has 13 nitrogen and oxygen atoms in total. The number of hydrogen-bond acceptors (Lipinski definition) is 7. The van der Waals surface area contributed by atoms with Gasteiger partial charge in [0.2, 0.25) is 17.6 Å². The van der Waals surface area contributed by atoms with E-state index < -0.39 is 23.9 Å². The molecular weight excluding hydrogens is 643 g/mol. The van der Waals surface area contributed by atoms with Gasteiger partial charge in [0.15, 0.2) is 0 Å². The number of carboxylic acid groups (broad SMARTS) is 1. The van der Waals surface area contributed by atoms with Crippen molar-refractivity contribution in [2.75, 3.05) is 11.9 Å². The molecule has 262 valence electrons. The molecule has 0 spiro atoms. The minimum Gasteiger partial charge on any atom is -0.465 e. The first-order valence-electron chi connectivity index (χ1n) is 16.6. The number of anilines is 1. The van der Waals surface area contributed by atoms with Crippen LogP contribution in [0.25, 0.3) is 22.5 Å². The molecule has 1 saturated carbocycles. The van der Waals surface area contributed by atoms with Crippen LogP contribution in [-0.4, -0.2) is 68.2 Å². The Balaban J connectivity index is 1.30. The zero-order valence-electron chi connectivity index (χ0n) is 28.1. The fraction of sp³-hybridized carbons (Fsp3) is 0.361. The maximum absolute atomic E-state index is 14.9. The van der Waals surface area contributed by atoms with Crippen LogP contribution in [0.3, 0.4) is 0 Å². The predicted octanol–water partition coefficient (Wildman–Crippen LogP) is 4.86. The summed E-state index contributed by atoms with van der Waals surface area (Å²) in [6.45, 7) is 6.10. The molecule has 1 heterocycles. The molecule has 6 N–H and O–H groups in total. The average molecular weight is 685 g/mol. The summed E-state index contributed by atoms with van der Waals surface area (Å²) >= 11 is 0. The number of aryl methyl sites for hydroxylation is 1. The van der Waals surface area contributed by atoms with Gasteiger partial charge in [-0.25, -0.2) is 9.18 Å². The van der Waals surface area contributed by atoms with Crippen LogP contribution < -0.4 is 21.3 Å². The SMILES string of the molecule is Cc1cc(C(=O)NC(C)C)ccc1-c1ccc(C[C@H](NC(=O)[C@H]2CC[C@H](CNC(=O)O)CC2)C(=O)Nc2ccc(-c3nn[nH]n3)c(F)c2)cc1. The van der Waals surface area contributed by atoms with E-state index in [0.717, 1.165) is 28.3 Å². The number of carbonyl (C=O) groups excluding carboxylic acids is 3. The minimum absolute atomic E-state index is 0.0261. The van der Waals surface area contributed by atoms with Crippen molar-refractivity contribution in [3.8, 4) is 22.5 Å². The number of nitrogens with one attached hydrogen (secondary N) is 5. The molecular formula is C36H41FN8O5. The molecule has 1 aliphatic rings. The van der Waals surface area contributed by atoms with E-state index in [1.807, 2.05) is 57.2 Å². The Labute approximate surface area is 288 Å². The molecule has 4 amide bonds. The van der Waals surface area contributed by atoms with Crippen molar-refractivity contribution in [2.45, 2.75) is 65.0 Å². The van der Waals surface area contributed by atoms with Gasteiger partial charge in [0.1, 0.15) is 11.9 Å². The van der Waals surface area contributed by atoms with Crippen LogP contribution in [0.1, 0.15) is 61.0 Å². The van der Waals surface area contributed by atoms with Crippen molar-refractivity contribution in [3.05, 3.63) is 83.2 Å². The lowest BCUT2D eigenvalue weighted by Crippen LogP contribution is -2.48. The highest BCUT2D eigenvalue weighted by Crippen LogP contribution is 2.29. The number of carbonyl (C=O) groups is 4. The van der Waals surface area contributed by atoms with Gasteiger partial charge in [0.25, 0.3) is 5.91 Å². The summed E-state index contributed by atoms with van der Waals surface area (Å²) in [5.41, 5.74) is 4.50. The Hall–Kier alpha value is -5.66. The molecule has 1 aliphatic carbocycles. The van der Waals surface area contributed by atoms with Crippen LogP contribution in [0, 0.1) is 24.6 Å². The first-order valence-corrected chi connectivity index (χ1v) is 16.6. The van der Waals surface area contributed by atoms with Crippen molar-refractivity contribution < 1.29 is 28.7 Å². The number of benzene rings is 3. The van der Waals surface area contributed by atoms with Gasteiger partial charge in [-0.1, -0.05) is 30.3 Å². The van der Waals surface area contributed by atoms with Crippen LogP contribution in [0.2, 0.25) is 0 Å². The first-order chi connectivity index (χ1) is 24.0. The maximum atomic E-state index is 14.9. The van der Waals surface area contributed by atoms with Crippen molar-refractivity contribution >= 4 is 29.5 Å². The molecule has 3 aromatic carbocycles. The van der Waals surface area contributed by atoms with E-state index in [-0.39, 0.29) is 53.2 Å². The van der Waals surface area contributed by atoms with Gasteiger partial charge in [-0.2, -0.15) is 5.21 Å². The Bertz CT molecular complexity index is 1820. The summed E-state index contributed by atoms with van der Waals surface area (Å²) in [7, 11) is 0. The number of tetrazole rings is 1. The number of rotatable bonds is 12. The van der Waals surface area contributed by atoms with Gasteiger partial charge in [-0.3, -0.25) is 14.4 Å². The smallest absolute Gasteiger partial charge is 0.404 e. The molecule has 0 unspecified atom stereocenters. The monoisotopic (exact) mass is 684 g/mol. The molecule has 0 bridgehead atoms. The summed E-state index contributed by atoms with van der Waals surface area (Å²) in [5.74, 6) is -1.67. The van der Waals surface area contributed by atoms with Crippen LogP contribution in [0.5, 0.6) is 0 Å². The topological polar surface area (TPSA) is 191 Å². The zero-order valence-corrected chi connectivity index (χ0v) is 28.1. The third-order valence-corrected chi connectivity index (χ3v) is 8.83. The number of nitrogens with zero attached hydrogens (tertiary/aromatic N) is 3. The summed E-state index contributed by atoms with van der Waals surface area (Å²) in [6.07, 6.45) is 1.61. The Morgan fingerprint density at radius 1 is 0.940 bits per heavy atom. The number of aromatic amines is 1. The highest BCUT2D eigenvalue weighted by molar-refractivity contribution is 5.98. The minimum atomic E-state index is -1.07. The van der Waals surface area contributed by atoms with E-state index in [0.29, 0.717) is 37.8 Å². The summed E-state index contributed by atoms with van der Waals surface area (Å²) in [4.78, 5) is 50.5. The molecule has 0 radical (unpaired) electrons. The largest absolute Gasteiger partial charge is 0.465 e. The Kier molecular flexibility index (Phi) is 11.5. The molecule has 0 aliphatic heterocycles. The highest BCUT2D eigenvalue weighted by atomic mass is 19.1. The highest BCUT2D eigenvalue weighted by Gasteiger charge is 2.30. The summed E-state index contributed by atoms with van der Waals surface area (Å²) in [5, 5.41) is 33.2. The van der Waals surface area contributed by atoms with Gasteiger partial charge in [-0.05, 0) is 110 Å². The fourth-order valence-corrected chi connectivity index (χ4v) is 6.17. The fourth-order valence-electron chi connectivity index (χ4n) is 6.17. The third kappa shape index (κ3) is 9.27. The van der Waals surface area contributed by atoms with Crippen LogP contribution in [0.15, 0.2) is 60.7 Å². The second kappa shape index (κ2) is 16.2. The standard InChI is InChI=1S/C36H41FN8O5/c1-20(2)39-34(47)26-12-14-28(21(3)16-26)24-8-4-22(5-9-24)17-31(41-33(46)25-10-6-23(7-11-25)19-38-36(49)50)35(48)40-27-13-15-29(30(37)18-27)32-42-44-45-43-32/h4-5,8-9,12-16,18,20,23,25,31,38H,6-7,10-11,17,19H2,1-3H3,(H,39,47)(H,40,48)(H,41,46)(H,49,50)(H,42,43,44,45)/t23-,25-,31-/m0/s1. The second-order valence-corrected chi connectivity index (χ2v) is 12.9. The Morgan fingerprint density at radius 2 is 1.66 bits per heavy atom. The van der Waals surface area contributed by atoms with Crippen molar-refractivity contribution in [1.29, 1.82) is 0 Å². The van der Waals surface area contributed by atoms with Crippen molar-refractivity contribution in [1.82, 2.24) is 36.6 Å². The zero-order chi connectivity index (χ0) is 35.8. The van der Waals surface area contributed by atoms with Crippen molar-refractivity contribution in [2.24, 2.45) is 11.8 Å². The van der Waals surface area contributed by atoms with Gasteiger partial charge in [-0.15, -0.1) is 10.2 Å². The van der Waals surface area contributed by atoms with Gasteiger partial charge in [0.05, 0.1) is 5.56 Å². The lowest BCUT2D eigenvalue weighted by atomic mass is 9.81. The van der Waals surface area contributed by atoms with E-state index >= 15 is 0 Å². The van der Waals surface area contributed by atoms with Gasteiger partial charge >= 0.3 is 6.09 Å². The number of hydrogen-bond donors (Lipinski definition) is 6. The molecule has 1 aromatic heterocycles. The first kappa shape index (κ1) is 35.6. The van der Waals surface area contributed by atoms with E-state index in [9.17, 15) is 23.6 Å². The molecule has 50 heavy (non-hydrogen) atoms. The van der Waals surface area contributed by atoms with Crippen LogP contribution >= 0.6 is 0 Å². The number of H-pyrrole nitrogens is 1. The van der Waals surface area contributed by atoms with Crippen LogP contribution in [0.4, 0.5) is 14.9 Å². The number of aromatic nitrogens is 4. The number of amides is 4. The summed E-state index contributed by atoms with van der Waals surface area (Å²) in [6, 6.07) is 16.4. The third-order valence-electron chi connectivity index (χ3n) is 8.83. The molecule has 1 atom stereocenters.